The Bertz CT molecular complexity index is 585. The van der Waals surface area contributed by atoms with Gasteiger partial charge in [-0.1, -0.05) is 11.6 Å². The number of hydrogen-bond acceptors (Lipinski definition) is 3. The van der Waals surface area contributed by atoms with E-state index in [4.69, 9.17) is 11.6 Å². The fraction of sp³-hybridized carbons (Fsp3) is 0.588. The van der Waals surface area contributed by atoms with Crippen molar-refractivity contribution >= 4 is 41.5 Å². The molecule has 1 saturated carbocycles. The molecule has 0 aromatic heterocycles. The number of nitrogens with one attached hydrogen (secondary N) is 2. The minimum atomic E-state index is -2.90. The van der Waals surface area contributed by atoms with Gasteiger partial charge in [0.2, 0.25) is 0 Å². The number of hydrogen-bond donors (Lipinski definition) is 3. The zero-order valence-electron chi connectivity index (χ0n) is 14.6. The molecule has 9 heteroatoms. The van der Waals surface area contributed by atoms with Crippen LogP contribution in [-0.4, -0.2) is 36.4 Å². The van der Waals surface area contributed by atoms with Gasteiger partial charge in [-0.25, -0.2) is 4.99 Å². The van der Waals surface area contributed by atoms with Crippen molar-refractivity contribution in [3.05, 3.63) is 28.8 Å². The molecule has 2 rings (SSSR count). The second-order valence-corrected chi connectivity index (χ2v) is 6.41. The molecule has 1 aromatic rings. The van der Waals surface area contributed by atoms with Crippen molar-refractivity contribution in [1.29, 1.82) is 0 Å². The van der Waals surface area contributed by atoms with Gasteiger partial charge in [0.1, 0.15) is 5.75 Å². The van der Waals surface area contributed by atoms with E-state index in [1.54, 1.807) is 6.07 Å². The molecule has 0 saturated heterocycles. The maximum Gasteiger partial charge on any atom is 0.387 e. The minimum Gasteiger partial charge on any atom is -0.434 e. The lowest BCUT2D eigenvalue weighted by molar-refractivity contribution is -0.0504. The Labute approximate surface area is 174 Å². The summed E-state index contributed by atoms with van der Waals surface area (Å²) in [5.74, 6) is 0.673. The first-order valence-corrected chi connectivity index (χ1v) is 8.82. The number of benzene rings is 1. The largest absolute Gasteiger partial charge is 0.434 e. The molecule has 1 aromatic carbocycles. The summed E-state index contributed by atoms with van der Waals surface area (Å²) in [4.78, 5) is 4.45. The molecule has 0 atom stereocenters. The number of ether oxygens (including phenoxy) is 1. The molecule has 0 amide bonds. The van der Waals surface area contributed by atoms with E-state index < -0.39 is 6.61 Å². The van der Waals surface area contributed by atoms with Gasteiger partial charge >= 0.3 is 6.61 Å². The molecule has 1 aliphatic rings. The Morgan fingerprint density at radius 2 is 2.04 bits per heavy atom. The van der Waals surface area contributed by atoms with Gasteiger partial charge in [-0.05, 0) is 50.8 Å². The second-order valence-electron chi connectivity index (χ2n) is 5.98. The van der Waals surface area contributed by atoms with E-state index in [0.29, 0.717) is 23.1 Å². The first kappa shape index (κ1) is 23.2. The third-order valence-corrected chi connectivity index (χ3v) is 4.26. The Morgan fingerprint density at radius 1 is 1.35 bits per heavy atom. The monoisotopic (exact) mass is 503 g/mol. The zero-order valence-corrected chi connectivity index (χ0v) is 17.6. The van der Waals surface area contributed by atoms with Crippen LogP contribution in [0.4, 0.5) is 8.78 Å². The topological polar surface area (TPSA) is 65.9 Å². The normalized spacial score (nSPS) is 20.5. The van der Waals surface area contributed by atoms with Crippen LogP contribution in [-0.2, 0) is 6.54 Å². The molecule has 5 nitrogen and oxygen atoms in total. The summed E-state index contributed by atoms with van der Waals surface area (Å²) in [5.41, 5.74) is 0.490. The Hall–Kier alpha value is -0.870. The fourth-order valence-electron chi connectivity index (χ4n) is 2.78. The number of aliphatic hydroxyl groups excluding tert-OH is 1. The van der Waals surface area contributed by atoms with Crippen LogP contribution >= 0.6 is 35.6 Å². The summed E-state index contributed by atoms with van der Waals surface area (Å²) < 4.78 is 29.6. The van der Waals surface area contributed by atoms with Crippen molar-refractivity contribution in [1.82, 2.24) is 10.6 Å². The first-order chi connectivity index (χ1) is 12.0. The summed E-state index contributed by atoms with van der Waals surface area (Å²) in [6.45, 7) is -0.110. The summed E-state index contributed by atoms with van der Waals surface area (Å²) in [6, 6.07) is 4.73. The van der Waals surface area contributed by atoms with Gasteiger partial charge < -0.3 is 20.5 Å². The number of rotatable bonds is 6. The molecule has 148 valence electrons. The molecule has 0 spiro atoms. The highest BCUT2D eigenvalue weighted by Crippen LogP contribution is 2.25. The molecular formula is C17H25ClF2IN3O2. The fourth-order valence-corrected chi connectivity index (χ4v) is 2.97. The van der Waals surface area contributed by atoms with Gasteiger partial charge in [-0.2, -0.15) is 8.78 Å². The molecule has 1 aliphatic carbocycles. The second kappa shape index (κ2) is 11.8. The summed E-state index contributed by atoms with van der Waals surface area (Å²) >= 11 is 5.95. The van der Waals surface area contributed by atoms with E-state index >= 15 is 0 Å². The first-order valence-electron chi connectivity index (χ1n) is 8.44. The minimum absolute atomic E-state index is 0. The van der Waals surface area contributed by atoms with E-state index in [9.17, 15) is 13.9 Å². The summed E-state index contributed by atoms with van der Waals surface area (Å²) in [7, 11) is 0. The lowest BCUT2D eigenvalue weighted by Crippen LogP contribution is -2.45. The van der Waals surface area contributed by atoms with Crippen molar-refractivity contribution in [2.75, 3.05) is 6.54 Å². The molecule has 0 heterocycles. The number of alkyl halides is 2. The third kappa shape index (κ3) is 7.79. The van der Waals surface area contributed by atoms with Gasteiger partial charge in [0, 0.05) is 23.2 Å². The van der Waals surface area contributed by atoms with Crippen molar-refractivity contribution in [3.63, 3.8) is 0 Å². The van der Waals surface area contributed by atoms with E-state index in [1.165, 1.54) is 12.1 Å². The highest BCUT2D eigenvalue weighted by molar-refractivity contribution is 14.0. The third-order valence-electron chi connectivity index (χ3n) is 4.03. The molecule has 26 heavy (non-hydrogen) atoms. The maximum atomic E-state index is 12.5. The number of halogens is 4. The van der Waals surface area contributed by atoms with Crippen LogP contribution in [0.5, 0.6) is 5.75 Å². The number of aliphatic imine (C=N–C) groups is 1. The SMILES string of the molecule is CCNC(=NCc1cc(Cl)ccc1OC(F)F)NC1CCC(O)CC1.I. The van der Waals surface area contributed by atoms with Gasteiger partial charge in [-0.15, -0.1) is 24.0 Å². The van der Waals surface area contributed by atoms with Crippen molar-refractivity contribution in [2.45, 2.75) is 57.9 Å². The van der Waals surface area contributed by atoms with Crippen molar-refractivity contribution < 1.29 is 18.6 Å². The summed E-state index contributed by atoms with van der Waals surface area (Å²) in [5, 5.41) is 16.5. The van der Waals surface area contributed by atoms with Crippen LogP contribution in [0.15, 0.2) is 23.2 Å². The average Bonchev–Trinajstić information content (AvgIpc) is 2.56. The molecule has 1 fully saturated rings. The Kier molecular flexibility index (Phi) is 10.5. The van der Waals surface area contributed by atoms with Gasteiger partial charge in [0.05, 0.1) is 12.6 Å². The van der Waals surface area contributed by atoms with Crippen molar-refractivity contribution in [3.8, 4) is 5.75 Å². The Balaban J connectivity index is 0.00000338. The highest BCUT2D eigenvalue weighted by Gasteiger charge is 2.20. The lowest BCUT2D eigenvalue weighted by Gasteiger charge is -2.27. The quantitative estimate of drug-likeness (QED) is 0.313. The van der Waals surface area contributed by atoms with E-state index in [0.717, 1.165) is 25.7 Å². The van der Waals surface area contributed by atoms with Gasteiger partial charge in [-0.3, -0.25) is 0 Å². The molecule has 3 N–H and O–H groups in total. The number of nitrogens with zero attached hydrogens (tertiary/aromatic N) is 1. The predicted octanol–water partition coefficient (Wildman–Crippen LogP) is 3.92. The van der Waals surface area contributed by atoms with Gasteiger partial charge in [0.15, 0.2) is 5.96 Å². The predicted molar refractivity (Wildman–Crippen MR) is 110 cm³/mol. The van der Waals surface area contributed by atoms with E-state index in [1.807, 2.05) is 6.92 Å². The maximum absolute atomic E-state index is 12.5. The molecule has 0 radical (unpaired) electrons. The van der Waals surface area contributed by atoms with Crippen LogP contribution in [0.25, 0.3) is 0 Å². The van der Waals surface area contributed by atoms with Gasteiger partial charge in [0.25, 0.3) is 0 Å². The van der Waals surface area contributed by atoms with Crippen LogP contribution in [0.3, 0.4) is 0 Å². The number of guanidine groups is 1. The van der Waals surface area contributed by atoms with Crippen LogP contribution in [0, 0.1) is 0 Å². The molecular weight excluding hydrogens is 479 g/mol. The van der Waals surface area contributed by atoms with Crippen molar-refractivity contribution in [2.24, 2.45) is 4.99 Å². The van der Waals surface area contributed by atoms with Crippen LogP contribution < -0.4 is 15.4 Å². The molecule has 0 aliphatic heterocycles. The number of aliphatic hydroxyl groups is 1. The van der Waals surface area contributed by atoms with Crippen LogP contribution in [0.2, 0.25) is 5.02 Å². The zero-order chi connectivity index (χ0) is 18.2. The summed E-state index contributed by atoms with van der Waals surface area (Å²) in [6.07, 6.45) is 3.03. The average molecular weight is 504 g/mol. The highest BCUT2D eigenvalue weighted by atomic mass is 127. The standard InChI is InChI=1S/C17H24ClF2N3O2.HI/c1-2-21-17(23-13-4-6-14(24)7-5-13)22-10-11-9-12(18)3-8-15(11)25-16(19)20;/h3,8-9,13-14,16,24H,2,4-7,10H2,1H3,(H2,21,22,23);1H. The van der Waals surface area contributed by atoms with Crippen LogP contribution in [0.1, 0.15) is 38.2 Å². The lowest BCUT2D eigenvalue weighted by atomic mass is 9.93. The van der Waals surface area contributed by atoms with E-state index in [2.05, 4.69) is 20.4 Å². The molecule has 0 unspecified atom stereocenters. The smallest absolute Gasteiger partial charge is 0.387 e. The van der Waals surface area contributed by atoms with E-state index in [-0.39, 0.29) is 48.4 Å². The molecule has 0 bridgehead atoms. The Morgan fingerprint density at radius 3 is 2.65 bits per heavy atom.